The molecule has 0 saturated heterocycles. The molecule has 0 N–H and O–H groups in total. The van der Waals surface area contributed by atoms with E-state index in [0.717, 1.165) is 11.8 Å². The minimum atomic E-state index is 0.334. The summed E-state index contributed by atoms with van der Waals surface area (Å²) in [6.07, 6.45) is 1.37. The Balaban J connectivity index is 1.84. The molecule has 3 atom stereocenters. The Kier molecular flexibility index (Phi) is 2.67. The van der Waals surface area contributed by atoms with Crippen molar-refractivity contribution in [2.45, 2.75) is 40.0 Å². The fourth-order valence-electron chi connectivity index (χ4n) is 6.46. The molecule has 4 aliphatic carbocycles. The predicted molar refractivity (Wildman–Crippen MR) is 101 cm³/mol. The van der Waals surface area contributed by atoms with Crippen molar-refractivity contribution in [1.82, 2.24) is 0 Å². The van der Waals surface area contributed by atoms with Crippen LogP contribution in [0, 0.1) is 22.7 Å². The molecule has 0 aromatic heterocycles. The molecule has 2 aromatic rings. The summed E-state index contributed by atoms with van der Waals surface area (Å²) in [6, 6.07) is 20.3. The SMILES string of the molecule is CC1(C)[C@H]2C[C@@H]1C1=C(c3ccccc3)c3ccccc3[C@@H]1C2(C)C. The highest BCUT2D eigenvalue weighted by Gasteiger charge is 2.65. The molecule has 122 valence electrons. The van der Waals surface area contributed by atoms with Gasteiger partial charge in [-0.25, -0.2) is 0 Å². The molecule has 0 nitrogen and oxygen atoms in total. The highest BCUT2D eigenvalue weighted by molar-refractivity contribution is 5.90. The van der Waals surface area contributed by atoms with Crippen LogP contribution in [0.2, 0.25) is 0 Å². The number of hydrogen-bond acceptors (Lipinski definition) is 0. The lowest BCUT2D eigenvalue weighted by Crippen LogP contribution is -2.59. The normalized spacial score (nSPS) is 31.2. The Labute approximate surface area is 145 Å². The Morgan fingerprint density at radius 2 is 1.46 bits per heavy atom. The zero-order chi connectivity index (χ0) is 16.7. The van der Waals surface area contributed by atoms with Crippen LogP contribution in [0.4, 0.5) is 0 Å². The summed E-state index contributed by atoms with van der Waals surface area (Å²) in [6.45, 7) is 10.0. The fourth-order valence-corrected chi connectivity index (χ4v) is 6.46. The van der Waals surface area contributed by atoms with Gasteiger partial charge in [-0.05, 0) is 51.4 Å². The number of allylic oxidation sites excluding steroid dienone is 1. The average molecular weight is 314 g/mol. The summed E-state index contributed by atoms with van der Waals surface area (Å²) in [5.74, 6) is 2.16. The van der Waals surface area contributed by atoms with E-state index in [9.17, 15) is 0 Å². The first-order valence-electron chi connectivity index (χ1n) is 9.33. The molecule has 2 aromatic carbocycles. The zero-order valence-electron chi connectivity index (χ0n) is 15.1. The van der Waals surface area contributed by atoms with Gasteiger partial charge in [0.05, 0.1) is 0 Å². The van der Waals surface area contributed by atoms with Gasteiger partial charge in [-0.15, -0.1) is 0 Å². The maximum atomic E-state index is 2.52. The third-order valence-electron chi connectivity index (χ3n) is 7.49. The molecule has 4 aliphatic rings. The highest BCUT2D eigenvalue weighted by atomic mass is 14.7. The fraction of sp³-hybridized carbons (Fsp3) is 0.417. The van der Waals surface area contributed by atoms with Crippen LogP contribution in [0.3, 0.4) is 0 Å². The molecule has 0 radical (unpaired) electrons. The third-order valence-corrected chi connectivity index (χ3v) is 7.49. The molecule has 0 heteroatoms. The van der Waals surface area contributed by atoms with E-state index in [1.165, 1.54) is 17.5 Å². The molecule has 0 heterocycles. The summed E-state index contributed by atoms with van der Waals surface area (Å²) in [5.41, 5.74) is 8.50. The molecule has 3 fully saturated rings. The largest absolute Gasteiger partial charge is 0.0622 e. The van der Waals surface area contributed by atoms with Gasteiger partial charge in [0.1, 0.15) is 0 Å². The van der Waals surface area contributed by atoms with Gasteiger partial charge in [0.2, 0.25) is 0 Å². The van der Waals surface area contributed by atoms with Gasteiger partial charge in [-0.1, -0.05) is 87.9 Å². The van der Waals surface area contributed by atoms with Gasteiger partial charge in [0.15, 0.2) is 0 Å². The maximum absolute atomic E-state index is 2.52. The summed E-state index contributed by atoms with van der Waals surface area (Å²) >= 11 is 0. The standard InChI is InChI=1S/C24H26/c1-23(2)18-14-19(23)24(3,4)22-17-13-9-8-12-16(17)20(21(18)22)15-10-6-5-7-11-15/h5-13,18-19,22H,14H2,1-4H3/t18-,19-,22+/m1/s1. The minimum Gasteiger partial charge on any atom is -0.0622 e. The van der Waals surface area contributed by atoms with Crippen molar-refractivity contribution in [3.63, 3.8) is 0 Å². The minimum absolute atomic E-state index is 0.334. The molecular formula is C24H26. The van der Waals surface area contributed by atoms with E-state index >= 15 is 0 Å². The summed E-state index contributed by atoms with van der Waals surface area (Å²) in [4.78, 5) is 0. The van der Waals surface area contributed by atoms with Crippen LogP contribution in [0.1, 0.15) is 56.7 Å². The lowest BCUT2D eigenvalue weighted by molar-refractivity contribution is -0.117. The van der Waals surface area contributed by atoms with Crippen LogP contribution in [0.15, 0.2) is 60.2 Å². The molecule has 0 unspecified atom stereocenters. The number of hydrogen-bond donors (Lipinski definition) is 0. The van der Waals surface area contributed by atoms with E-state index in [4.69, 9.17) is 0 Å². The Morgan fingerprint density at radius 3 is 2.17 bits per heavy atom. The van der Waals surface area contributed by atoms with Gasteiger partial charge in [0, 0.05) is 5.92 Å². The second kappa shape index (κ2) is 4.42. The predicted octanol–water partition coefficient (Wildman–Crippen LogP) is 6.29. The van der Waals surface area contributed by atoms with E-state index in [1.54, 1.807) is 16.7 Å². The quantitative estimate of drug-likeness (QED) is 0.580. The van der Waals surface area contributed by atoms with E-state index in [1.807, 2.05) is 0 Å². The van der Waals surface area contributed by atoms with Crippen molar-refractivity contribution in [2.24, 2.45) is 22.7 Å². The highest BCUT2D eigenvalue weighted by Crippen LogP contribution is 2.75. The smallest absolute Gasteiger partial charge is 0.0121 e. The van der Waals surface area contributed by atoms with Gasteiger partial charge in [-0.2, -0.15) is 0 Å². The first-order valence-corrected chi connectivity index (χ1v) is 9.33. The summed E-state index contributed by atoms with van der Waals surface area (Å²) < 4.78 is 0. The second-order valence-corrected chi connectivity index (χ2v) is 9.20. The van der Waals surface area contributed by atoms with E-state index in [2.05, 4.69) is 82.3 Å². The van der Waals surface area contributed by atoms with Gasteiger partial charge < -0.3 is 0 Å². The monoisotopic (exact) mass is 314 g/mol. The van der Waals surface area contributed by atoms with Crippen LogP contribution in [0.25, 0.3) is 5.57 Å². The summed E-state index contributed by atoms with van der Waals surface area (Å²) in [5, 5.41) is 0. The van der Waals surface area contributed by atoms with Gasteiger partial charge in [0.25, 0.3) is 0 Å². The first kappa shape index (κ1) is 14.5. The molecular weight excluding hydrogens is 288 g/mol. The molecule has 0 amide bonds. The van der Waals surface area contributed by atoms with Crippen molar-refractivity contribution >= 4 is 5.57 Å². The number of fused-ring (bicyclic) bond motifs is 1. The molecule has 0 aliphatic heterocycles. The van der Waals surface area contributed by atoms with E-state index < -0.39 is 0 Å². The maximum Gasteiger partial charge on any atom is 0.0121 e. The topological polar surface area (TPSA) is 0 Å². The molecule has 0 spiro atoms. The Bertz CT molecular complexity index is 851. The van der Waals surface area contributed by atoms with Gasteiger partial charge in [-0.3, -0.25) is 0 Å². The Hall–Kier alpha value is -1.82. The first-order chi connectivity index (χ1) is 11.4. The Morgan fingerprint density at radius 1 is 0.792 bits per heavy atom. The number of benzene rings is 2. The number of rotatable bonds is 1. The van der Waals surface area contributed by atoms with E-state index in [0.29, 0.717) is 16.7 Å². The van der Waals surface area contributed by atoms with E-state index in [-0.39, 0.29) is 0 Å². The lowest BCUT2D eigenvalue weighted by Gasteiger charge is -2.67. The van der Waals surface area contributed by atoms with Crippen molar-refractivity contribution in [2.75, 3.05) is 0 Å². The molecule has 2 bridgehead atoms. The molecule has 24 heavy (non-hydrogen) atoms. The van der Waals surface area contributed by atoms with Crippen LogP contribution in [0.5, 0.6) is 0 Å². The van der Waals surface area contributed by atoms with Gasteiger partial charge >= 0.3 is 0 Å². The van der Waals surface area contributed by atoms with Crippen LogP contribution in [-0.4, -0.2) is 0 Å². The summed E-state index contributed by atoms with van der Waals surface area (Å²) in [7, 11) is 0. The molecule has 3 saturated carbocycles. The van der Waals surface area contributed by atoms with Crippen LogP contribution in [-0.2, 0) is 0 Å². The van der Waals surface area contributed by atoms with Crippen LogP contribution < -0.4 is 0 Å². The van der Waals surface area contributed by atoms with Crippen molar-refractivity contribution in [3.05, 3.63) is 76.9 Å². The van der Waals surface area contributed by atoms with Crippen molar-refractivity contribution in [1.29, 1.82) is 0 Å². The molecule has 6 rings (SSSR count). The third kappa shape index (κ3) is 1.55. The van der Waals surface area contributed by atoms with Crippen molar-refractivity contribution < 1.29 is 0 Å². The average Bonchev–Trinajstić information content (AvgIpc) is 2.90. The van der Waals surface area contributed by atoms with Crippen molar-refractivity contribution in [3.8, 4) is 0 Å². The zero-order valence-corrected chi connectivity index (χ0v) is 15.1. The van der Waals surface area contributed by atoms with Crippen LogP contribution >= 0.6 is 0 Å². The second-order valence-electron chi connectivity index (χ2n) is 9.20. The lowest BCUT2D eigenvalue weighted by atomic mass is 9.37.